The van der Waals surface area contributed by atoms with Crippen molar-refractivity contribution in [2.45, 2.75) is 0 Å². The fourth-order valence-electron chi connectivity index (χ4n) is 7.61. The van der Waals surface area contributed by atoms with E-state index in [4.69, 9.17) is 9.97 Å². The molecule has 0 unspecified atom stereocenters. The first-order valence-electron chi connectivity index (χ1n) is 16.5. The number of para-hydroxylation sites is 1. The van der Waals surface area contributed by atoms with Crippen LogP contribution in [0.4, 0.5) is 0 Å². The fourth-order valence-corrected chi connectivity index (χ4v) is 7.61. The molecule has 0 spiro atoms. The first kappa shape index (κ1) is 27.5. The number of benzene rings is 6. The highest BCUT2D eigenvalue weighted by molar-refractivity contribution is 6.23. The highest BCUT2D eigenvalue weighted by Crippen LogP contribution is 2.45. The lowest BCUT2D eigenvalue weighted by atomic mass is 9.85. The highest BCUT2D eigenvalue weighted by Gasteiger charge is 2.19. The summed E-state index contributed by atoms with van der Waals surface area (Å²) in [5, 5.41) is 9.58. The Kier molecular flexibility index (Phi) is 6.15. The minimum atomic E-state index is 0.815. The van der Waals surface area contributed by atoms with Gasteiger partial charge in [0, 0.05) is 22.5 Å². The summed E-state index contributed by atoms with van der Waals surface area (Å²) in [6.45, 7) is 0. The van der Waals surface area contributed by atoms with Crippen molar-refractivity contribution >= 4 is 54.1 Å². The predicted molar refractivity (Wildman–Crippen MR) is 203 cm³/mol. The molecular weight excluding hydrogens is 597 g/mol. The molecule has 6 aromatic carbocycles. The number of fused-ring (bicyclic) bond motifs is 6. The third-order valence-corrected chi connectivity index (χ3v) is 9.70. The number of aromatic nitrogens is 4. The van der Waals surface area contributed by atoms with Crippen molar-refractivity contribution in [3.63, 3.8) is 0 Å². The summed E-state index contributed by atoms with van der Waals surface area (Å²) in [5.74, 6) is 0.833. The lowest BCUT2D eigenvalue weighted by Gasteiger charge is -2.18. The zero-order valence-electron chi connectivity index (χ0n) is 26.5. The van der Waals surface area contributed by atoms with Crippen LogP contribution >= 0.6 is 0 Å². The number of rotatable bonds is 4. The Morgan fingerprint density at radius 3 is 1.69 bits per heavy atom. The van der Waals surface area contributed by atoms with E-state index in [0.29, 0.717) is 0 Å². The largest absolute Gasteiger partial charge is 0.292 e. The van der Waals surface area contributed by atoms with E-state index in [-0.39, 0.29) is 0 Å². The quantitative estimate of drug-likeness (QED) is 0.183. The summed E-state index contributed by atoms with van der Waals surface area (Å²) in [6, 6.07) is 55.7. The van der Waals surface area contributed by atoms with Crippen molar-refractivity contribution in [3.05, 3.63) is 170 Å². The van der Waals surface area contributed by atoms with E-state index in [0.717, 1.165) is 44.9 Å². The van der Waals surface area contributed by atoms with Crippen molar-refractivity contribution < 1.29 is 0 Å². The van der Waals surface area contributed by atoms with Gasteiger partial charge in [0.15, 0.2) is 0 Å². The Morgan fingerprint density at radius 1 is 0.367 bits per heavy atom. The first-order chi connectivity index (χ1) is 24.3. The smallest absolute Gasteiger partial charge is 0.138 e. The van der Waals surface area contributed by atoms with E-state index in [2.05, 4.69) is 161 Å². The van der Waals surface area contributed by atoms with Crippen LogP contribution in [0.3, 0.4) is 0 Å². The van der Waals surface area contributed by atoms with Gasteiger partial charge < -0.3 is 0 Å². The van der Waals surface area contributed by atoms with Gasteiger partial charge in [0.1, 0.15) is 5.82 Å². The third-order valence-electron chi connectivity index (χ3n) is 9.70. The molecule has 0 aliphatic heterocycles. The normalized spacial score (nSPS) is 11.7. The van der Waals surface area contributed by atoms with E-state index < -0.39 is 0 Å². The molecule has 0 amide bonds. The van der Waals surface area contributed by atoms with E-state index in [1.165, 1.54) is 48.8 Å². The van der Waals surface area contributed by atoms with Gasteiger partial charge in [-0.3, -0.25) is 9.55 Å². The third kappa shape index (κ3) is 4.28. The molecule has 228 valence electrons. The maximum atomic E-state index is 5.33. The molecule has 0 fully saturated rings. The van der Waals surface area contributed by atoms with Gasteiger partial charge in [-0.25, -0.2) is 9.97 Å². The van der Waals surface area contributed by atoms with Crippen molar-refractivity contribution in [2.75, 3.05) is 0 Å². The molecule has 10 rings (SSSR count). The summed E-state index contributed by atoms with van der Waals surface area (Å²) in [6.07, 6.45) is 3.76. The highest BCUT2D eigenvalue weighted by atomic mass is 15.1. The van der Waals surface area contributed by atoms with Crippen LogP contribution < -0.4 is 0 Å². The predicted octanol–water partition coefficient (Wildman–Crippen LogP) is 11.4. The van der Waals surface area contributed by atoms with E-state index >= 15 is 0 Å². The average molecular weight is 625 g/mol. The molecule has 0 saturated heterocycles. The molecule has 4 heterocycles. The lowest BCUT2D eigenvalue weighted by Crippen LogP contribution is -1.99. The molecule has 4 nitrogen and oxygen atoms in total. The van der Waals surface area contributed by atoms with Crippen LogP contribution in [-0.4, -0.2) is 19.5 Å². The van der Waals surface area contributed by atoms with Crippen LogP contribution in [0.25, 0.3) is 93.7 Å². The summed E-state index contributed by atoms with van der Waals surface area (Å²) in [5.41, 5.74) is 8.29. The van der Waals surface area contributed by atoms with Crippen LogP contribution in [0.15, 0.2) is 170 Å². The van der Waals surface area contributed by atoms with Gasteiger partial charge in [0.2, 0.25) is 0 Å². The van der Waals surface area contributed by atoms with Gasteiger partial charge in [-0.2, -0.15) is 0 Å². The van der Waals surface area contributed by atoms with Crippen LogP contribution in [0.5, 0.6) is 0 Å². The monoisotopic (exact) mass is 624 g/mol. The molecule has 10 aromatic rings. The van der Waals surface area contributed by atoms with Crippen LogP contribution in [0, 0.1) is 0 Å². The lowest BCUT2D eigenvalue weighted by molar-refractivity contribution is 1.07. The SMILES string of the molecule is c1cc(-c2cccc(-n3c4ccccc4c4ccncc43)n2)nc(-c2c3ccccc3c(-c3cccc4ccccc34)c3ccccc23)c1. The average Bonchev–Trinajstić information content (AvgIpc) is 3.51. The molecule has 0 aliphatic rings. The minimum absolute atomic E-state index is 0.815. The van der Waals surface area contributed by atoms with Crippen molar-refractivity contribution in [1.82, 2.24) is 19.5 Å². The summed E-state index contributed by atoms with van der Waals surface area (Å²) < 4.78 is 2.19. The second-order valence-corrected chi connectivity index (χ2v) is 12.4. The van der Waals surface area contributed by atoms with Crippen LogP contribution in [0.1, 0.15) is 0 Å². The van der Waals surface area contributed by atoms with E-state index in [1.807, 2.05) is 18.5 Å². The molecule has 49 heavy (non-hydrogen) atoms. The Morgan fingerprint density at radius 2 is 0.918 bits per heavy atom. The van der Waals surface area contributed by atoms with Gasteiger partial charge in [0.05, 0.1) is 34.3 Å². The molecule has 0 saturated carbocycles. The van der Waals surface area contributed by atoms with Gasteiger partial charge >= 0.3 is 0 Å². The molecular formula is C45H28N4. The zero-order chi connectivity index (χ0) is 32.3. The van der Waals surface area contributed by atoms with Crippen LogP contribution in [0.2, 0.25) is 0 Å². The van der Waals surface area contributed by atoms with Crippen LogP contribution in [-0.2, 0) is 0 Å². The topological polar surface area (TPSA) is 43.6 Å². The standard InChI is InChI=1S/C45H28N4/c1-2-14-30-29(12-1)13-9-20-33(30)44-34-16-3-5-18-36(34)45(37-19-6-4-17-35(37)44)40-23-10-21-38(47-40)39-22-11-25-43(48-39)49-41-24-8-7-15-31(41)32-26-27-46-28-42(32)49/h1-28H. The maximum absolute atomic E-state index is 5.33. The van der Waals surface area contributed by atoms with Gasteiger partial charge in [-0.15, -0.1) is 0 Å². The Hall–Kier alpha value is -6.65. The summed E-state index contributed by atoms with van der Waals surface area (Å²) in [7, 11) is 0. The Labute approximate surface area is 282 Å². The second-order valence-electron chi connectivity index (χ2n) is 12.4. The van der Waals surface area contributed by atoms with E-state index in [1.54, 1.807) is 0 Å². The number of hydrogen-bond acceptors (Lipinski definition) is 3. The summed E-state index contributed by atoms with van der Waals surface area (Å²) >= 11 is 0. The number of nitrogens with zero attached hydrogens (tertiary/aromatic N) is 4. The molecule has 0 bridgehead atoms. The number of hydrogen-bond donors (Lipinski definition) is 0. The summed E-state index contributed by atoms with van der Waals surface area (Å²) in [4.78, 5) is 15.0. The van der Waals surface area contributed by atoms with Gasteiger partial charge in [-0.1, -0.05) is 121 Å². The van der Waals surface area contributed by atoms with Crippen molar-refractivity contribution in [2.24, 2.45) is 0 Å². The van der Waals surface area contributed by atoms with E-state index in [9.17, 15) is 0 Å². The molecule has 0 atom stereocenters. The van der Waals surface area contributed by atoms with Gasteiger partial charge in [-0.05, 0) is 79.8 Å². The molecule has 4 heteroatoms. The molecule has 0 radical (unpaired) electrons. The first-order valence-corrected chi connectivity index (χ1v) is 16.5. The fraction of sp³-hybridized carbons (Fsp3) is 0. The number of pyridine rings is 3. The molecule has 0 aliphatic carbocycles. The van der Waals surface area contributed by atoms with Crippen molar-refractivity contribution in [3.8, 4) is 39.6 Å². The molecule has 4 aromatic heterocycles. The van der Waals surface area contributed by atoms with Crippen molar-refractivity contribution in [1.29, 1.82) is 0 Å². The molecule has 0 N–H and O–H groups in total. The second kappa shape index (κ2) is 11.0. The zero-order valence-corrected chi connectivity index (χ0v) is 26.5. The maximum Gasteiger partial charge on any atom is 0.138 e. The minimum Gasteiger partial charge on any atom is -0.292 e. The Bertz CT molecular complexity index is 2790. The van der Waals surface area contributed by atoms with Gasteiger partial charge in [0.25, 0.3) is 0 Å². The Balaban J connectivity index is 1.18.